The molecule has 6 nitrogen and oxygen atoms in total. The quantitative estimate of drug-likeness (QED) is 0.710. The maximum atomic E-state index is 11.3. The Morgan fingerprint density at radius 2 is 2.26 bits per heavy atom. The van der Waals surface area contributed by atoms with E-state index in [4.69, 9.17) is 9.52 Å². The Morgan fingerprint density at radius 1 is 1.42 bits per heavy atom. The van der Waals surface area contributed by atoms with Crippen LogP contribution in [-0.2, 0) is 11.2 Å². The first-order chi connectivity index (χ1) is 9.19. The number of hydrogen-bond donors (Lipinski definition) is 3. The van der Waals surface area contributed by atoms with E-state index < -0.39 is 5.76 Å². The van der Waals surface area contributed by atoms with Gasteiger partial charge in [0.15, 0.2) is 5.58 Å². The number of aliphatic hydroxyl groups is 1. The van der Waals surface area contributed by atoms with Crippen LogP contribution in [0.1, 0.15) is 18.4 Å². The van der Waals surface area contributed by atoms with Crippen molar-refractivity contribution in [1.29, 1.82) is 0 Å². The van der Waals surface area contributed by atoms with Crippen molar-refractivity contribution in [3.63, 3.8) is 0 Å². The second-order valence-electron chi connectivity index (χ2n) is 4.27. The van der Waals surface area contributed by atoms with Crippen LogP contribution < -0.4 is 11.1 Å². The Hall–Kier alpha value is -2.08. The summed E-state index contributed by atoms with van der Waals surface area (Å²) in [5.74, 6) is -0.531. The van der Waals surface area contributed by atoms with Gasteiger partial charge in [-0.1, -0.05) is 6.07 Å². The molecule has 0 bridgehead atoms. The van der Waals surface area contributed by atoms with Crippen molar-refractivity contribution < 1.29 is 14.3 Å². The Bertz CT molecular complexity index is 614. The molecule has 1 aromatic carbocycles. The maximum Gasteiger partial charge on any atom is 0.417 e. The number of aromatic amines is 1. The van der Waals surface area contributed by atoms with Gasteiger partial charge in [-0.3, -0.25) is 9.78 Å². The van der Waals surface area contributed by atoms with E-state index in [1.807, 2.05) is 12.1 Å². The van der Waals surface area contributed by atoms with Crippen molar-refractivity contribution in [3.05, 3.63) is 34.3 Å². The van der Waals surface area contributed by atoms with Gasteiger partial charge in [-0.05, 0) is 30.5 Å². The smallest absolute Gasteiger partial charge is 0.408 e. The highest BCUT2D eigenvalue weighted by molar-refractivity contribution is 5.76. The van der Waals surface area contributed by atoms with Gasteiger partial charge in [-0.25, -0.2) is 4.79 Å². The van der Waals surface area contributed by atoms with Crippen LogP contribution in [0.5, 0.6) is 0 Å². The average molecular weight is 264 g/mol. The van der Waals surface area contributed by atoms with Crippen molar-refractivity contribution in [2.24, 2.45) is 0 Å². The molecule has 0 unspecified atom stereocenters. The minimum atomic E-state index is -0.468. The van der Waals surface area contributed by atoms with Crippen molar-refractivity contribution in [1.82, 2.24) is 10.3 Å². The number of nitrogens with one attached hydrogen (secondary N) is 2. The minimum Gasteiger partial charge on any atom is -0.408 e. The minimum absolute atomic E-state index is 0.0257. The van der Waals surface area contributed by atoms with Crippen molar-refractivity contribution in [3.8, 4) is 0 Å². The zero-order chi connectivity index (χ0) is 13.7. The molecule has 102 valence electrons. The van der Waals surface area contributed by atoms with Crippen molar-refractivity contribution in [2.45, 2.75) is 19.3 Å². The topological polar surface area (TPSA) is 95.3 Å². The second kappa shape index (κ2) is 6.19. The van der Waals surface area contributed by atoms with Crippen LogP contribution in [0, 0.1) is 0 Å². The fourth-order valence-corrected chi connectivity index (χ4v) is 1.83. The third-order valence-electron chi connectivity index (χ3n) is 2.78. The third kappa shape index (κ3) is 3.69. The first kappa shape index (κ1) is 13.4. The summed E-state index contributed by atoms with van der Waals surface area (Å²) >= 11 is 0. The molecule has 1 aromatic heterocycles. The molecular weight excluding hydrogens is 248 g/mol. The SMILES string of the molecule is O=C(CCCO)NCCc1ccc2oc(=O)[nH]c2c1. The lowest BCUT2D eigenvalue weighted by Crippen LogP contribution is -2.25. The molecule has 0 aliphatic rings. The molecule has 2 rings (SSSR count). The van der Waals surface area contributed by atoms with E-state index >= 15 is 0 Å². The van der Waals surface area contributed by atoms with E-state index in [1.54, 1.807) is 6.07 Å². The largest absolute Gasteiger partial charge is 0.417 e. The molecule has 0 aliphatic carbocycles. The molecule has 0 fully saturated rings. The average Bonchev–Trinajstić information content (AvgIpc) is 2.75. The summed E-state index contributed by atoms with van der Waals surface area (Å²) in [5.41, 5.74) is 2.20. The number of benzene rings is 1. The monoisotopic (exact) mass is 264 g/mol. The molecule has 6 heteroatoms. The Labute approximate surface area is 109 Å². The molecule has 19 heavy (non-hydrogen) atoms. The molecule has 1 heterocycles. The summed E-state index contributed by atoms with van der Waals surface area (Å²) in [7, 11) is 0. The molecule has 1 amide bonds. The number of H-pyrrole nitrogens is 1. The molecule has 0 spiro atoms. The van der Waals surface area contributed by atoms with Gasteiger partial charge in [0.25, 0.3) is 0 Å². The first-order valence-corrected chi connectivity index (χ1v) is 6.18. The van der Waals surface area contributed by atoms with Crippen molar-refractivity contribution in [2.75, 3.05) is 13.2 Å². The van der Waals surface area contributed by atoms with Crippen LogP contribution >= 0.6 is 0 Å². The lowest BCUT2D eigenvalue weighted by atomic mass is 10.1. The first-order valence-electron chi connectivity index (χ1n) is 6.18. The Balaban J connectivity index is 1.87. The highest BCUT2D eigenvalue weighted by atomic mass is 16.4. The van der Waals surface area contributed by atoms with E-state index in [9.17, 15) is 9.59 Å². The molecule has 0 saturated heterocycles. The van der Waals surface area contributed by atoms with Gasteiger partial charge in [0.1, 0.15) is 0 Å². The number of fused-ring (bicyclic) bond motifs is 1. The predicted octanol–water partition coefficient (Wildman–Crippen LogP) is 0.552. The zero-order valence-corrected chi connectivity index (χ0v) is 10.4. The molecule has 0 saturated carbocycles. The van der Waals surface area contributed by atoms with Crippen molar-refractivity contribution >= 4 is 17.0 Å². The van der Waals surface area contributed by atoms with Crippen LogP contribution in [0.3, 0.4) is 0 Å². The summed E-state index contributed by atoms with van der Waals surface area (Å²) < 4.78 is 4.91. The molecule has 0 radical (unpaired) electrons. The summed E-state index contributed by atoms with van der Waals surface area (Å²) in [6, 6.07) is 5.43. The number of oxazole rings is 1. The standard InChI is InChI=1S/C13H16N2O4/c16-7-1-2-12(17)14-6-5-9-3-4-11-10(8-9)15-13(18)19-11/h3-4,8,16H,1-2,5-7H2,(H,14,17)(H,15,18). The molecular formula is C13H16N2O4. The Morgan fingerprint density at radius 3 is 3.05 bits per heavy atom. The summed E-state index contributed by atoms with van der Waals surface area (Å²) in [5, 5.41) is 11.4. The second-order valence-corrected chi connectivity index (χ2v) is 4.27. The van der Waals surface area contributed by atoms with Crippen LogP contribution in [0.2, 0.25) is 0 Å². The van der Waals surface area contributed by atoms with E-state index in [-0.39, 0.29) is 12.5 Å². The zero-order valence-electron chi connectivity index (χ0n) is 10.4. The van der Waals surface area contributed by atoms with Gasteiger partial charge >= 0.3 is 5.76 Å². The number of carbonyl (C=O) groups is 1. The van der Waals surface area contributed by atoms with Gasteiger partial charge in [0, 0.05) is 19.6 Å². The highest BCUT2D eigenvalue weighted by Gasteiger charge is 2.03. The van der Waals surface area contributed by atoms with Crippen LogP contribution in [0.15, 0.2) is 27.4 Å². The third-order valence-corrected chi connectivity index (χ3v) is 2.78. The normalized spacial score (nSPS) is 10.8. The lowest BCUT2D eigenvalue weighted by Gasteiger charge is -2.04. The number of amides is 1. The summed E-state index contributed by atoms with van der Waals surface area (Å²) in [6.07, 6.45) is 1.49. The molecule has 3 N–H and O–H groups in total. The highest BCUT2D eigenvalue weighted by Crippen LogP contribution is 2.12. The van der Waals surface area contributed by atoms with Crippen LogP contribution in [0.25, 0.3) is 11.1 Å². The van der Waals surface area contributed by atoms with Gasteiger partial charge in [-0.15, -0.1) is 0 Å². The van der Waals surface area contributed by atoms with E-state index in [0.717, 1.165) is 5.56 Å². The Kier molecular flexibility index (Phi) is 4.35. The number of hydrogen-bond acceptors (Lipinski definition) is 4. The van der Waals surface area contributed by atoms with E-state index in [1.165, 1.54) is 0 Å². The predicted molar refractivity (Wildman–Crippen MR) is 69.9 cm³/mol. The van der Waals surface area contributed by atoms with Gasteiger partial charge in [0.2, 0.25) is 5.91 Å². The fraction of sp³-hybridized carbons (Fsp3) is 0.385. The molecule has 0 atom stereocenters. The summed E-state index contributed by atoms with van der Waals surface area (Å²) in [4.78, 5) is 24.9. The van der Waals surface area contributed by atoms with Crippen LogP contribution in [0.4, 0.5) is 0 Å². The molecule has 0 aliphatic heterocycles. The fourth-order valence-electron chi connectivity index (χ4n) is 1.83. The van der Waals surface area contributed by atoms with Crippen LogP contribution in [-0.4, -0.2) is 29.1 Å². The number of carbonyl (C=O) groups excluding carboxylic acids is 1. The summed E-state index contributed by atoms with van der Waals surface area (Å²) in [6.45, 7) is 0.551. The maximum absolute atomic E-state index is 11.3. The van der Waals surface area contributed by atoms with Gasteiger partial charge in [0.05, 0.1) is 5.52 Å². The van der Waals surface area contributed by atoms with Gasteiger partial charge in [-0.2, -0.15) is 0 Å². The lowest BCUT2D eigenvalue weighted by molar-refractivity contribution is -0.121. The number of rotatable bonds is 6. The van der Waals surface area contributed by atoms with Gasteiger partial charge < -0.3 is 14.8 Å². The number of aliphatic hydroxyl groups excluding tert-OH is 1. The van der Waals surface area contributed by atoms with E-state index in [2.05, 4.69) is 10.3 Å². The number of aromatic nitrogens is 1. The van der Waals surface area contributed by atoms with E-state index in [0.29, 0.717) is 36.9 Å². The molecule has 2 aromatic rings.